The molecule has 0 unspecified atom stereocenters. The van der Waals surface area contributed by atoms with Gasteiger partial charge in [-0.05, 0) is 11.5 Å². The standard InChI is InChI=1S/C13H11N3O/c1-16(9-7-14)13(17)12-11-5-3-2-4-10(11)6-8-15-12/h2-6,8H,9H2,1H3. The molecule has 4 heteroatoms. The van der Waals surface area contributed by atoms with Crippen molar-refractivity contribution in [3.63, 3.8) is 0 Å². The number of pyridine rings is 1. The van der Waals surface area contributed by atoms with Crippen LogP contribution >= 0.6 is 0 Å². The van der Waals surface area contributed by atoms with Gasteiger partial charge in [0, 0.05) is 18.6 Å². The lowest BCUT2D eigenvalue weighted by Gasteiger charge is -2.13. The third-order valence-corrected chi connectivity index (χ3v) is 2.53. The van der Waals surface area contributed by atoms with Crippen molar-refractivity contribution in [3.8, 4) is 6.07 Å². The van der Waals surface area contributed by atoms with Crippen LogP contribution in [0.3, 0.4) is 0 Å². The molecule has 17 heavy (non-hydrogen) atoms. The van der Waals surface area contributed by atoms with Crippen LogP contribution < -0.4 is 0 Å². The van der Waals surface area contributed by atoms with E-state index in [1.807, 2.05) is 36.4 Å². The van der Waals surface area contributed by atoms with Gasteiger partial charge in [0.2, 0.25) is 0 Å². The molecule has 2 aromatic rings. The van der Waals surface area contributed by atoms with E-state index in [9.17, 15) is 4.79 Å². The number of benzene rings is 1. The summed E-state index contributed by atoms with van der Waals surface area (Å²) >= 11 is 0. The number of hydrogen-bond acceptors (Lipinski definition) is 3. The predicted molar refractivity (Wildman–Crippen MR) is 64.3 cm³/mol. The number of carbonyl (C=O) groups is 1. The lowest BCUT2D eigenvalue weighted by molar-refractivity contribution is 0.0808. The summed E-state index contributed by atoms with van der Waals surface area (Å²) in [4.78, 5) is 17.5. The van der Waals surface area contributed by atoms with Crippen LogP contribution in [-0.2, 0) is 0 Å². The Labute approximate surface area is 99.1 Å². The van der Waals surface area contributed by atoms with Crippen LogP contribution in [0.2, 0.25) is 0 Å². The Bertz CT molecular complexity index is 596. The van der Waals surface area contributed by atoms with Crippen LogP contribution in [-0.4, -0.2) is 29.4 Å². The first kappa shape index (κ1) is 11.1. The Morgan fingerprint density at radius 3 is 2.94 bits per heavy atom. The molecular weight excluding hydrogens is 214 g/mol. The lowest BCUT2D eigenvalue weighted by Crippen LogP contribution is -2.27. The summed E-state index contributed by atoms with van der Waals surface area (Å²) in [5.41, 5.74) is 0.390. The van der Waals surface area contributed by atoms with Crippen molar-refractivity contribution in [3.05, 3.63) is 42.2 Å². The molecular formula is C13H11N3O. The van der Waals surface area contributed by atoms with E-state index in [4.69, 9.17) is 5.26 Å². The Kier molecular flexibility index (Phi) is 3.01. The monoisotopic (exact) mass is 225 g/mol. The number of nitriles is 1. The van der Waals surface area contributed by atoms with Crippen LogP contribution in [0.25, 0.3) is 10.8 Å². The molecule has 1 aromatic carbocycles. The summed E-state index contributed by atoms with van der Waals surface area (Å²) < 4.78 is 0. The zero-order valence-corrected chi connectivity index (χ0v) is 9.42. The lowest BCUT2D eigenvalue weighted by atomic mass is 10.1. The van der Waals surface area contributed by atoms with Crippen LogP contribution in [0.5, 0.6) is 0 Å². The van der Waals surface area contributed by atoms with E-state index in [1.165, 1.54) is 4.90 Å². The van der Waals surface area contributed by atoms with E-state index >= 15 is 0 Å². The highest BCUT2D eigenvalue weighted by Gasteiger charge is 2.15. The number of nitrogens with zero attached hydrogens (tertiary/aromatic N) is 3. The summed E-state index contributed by atoms with van der Waals surface area (Å²) in [5.74, 6) is -0.233. The Hall–Kier alpha value is -2.41. The molecule has 1 aromatic heterocycles. The van der Waals surface area contributed by atoms with Gasteiger partial charge in [-0.1, -0.05) is 24.3 Å². The van der Waals surface area contributed by atoms with Gasteiger partial charge in [-0.25, -0.2) is 0 Å². The third-order valence-electron chi connectivity index (χ3n) is 2.53. The smallest absolute Gasteiger partial charge is 0.273 e. The zero-order chi connectivity index (χ0) is 12.3. The van der Waals surface area contributed by atoms with Crippen molar-refractivity contribution in [2.45, 2.75) is 0 Å². The summed E-state index contributed by atoms with van der Waals surface area (Å²) in [6, 6.07) is 11.4. The number of carbonyl (C=O) groups excluding carboxylic acids is 1. The van der Waals surface area contributed by atoms with Crippen molar-refractivity contribution < 1.29 is 4.79 Å². The highest BCUT2D eigenvalue weighted by Crippen LogP contribution is 2.17. The third kappa shape index (κ3) is 2.08. The molecule has 1 amide bonds. The van der Waals surface area contributed by atoms with Crippen LogP contribution in [0, 0.1) is 11.3 Å². The first-order valence-electron chi connectivity index (χ1n) is 5.20. The van der Waals surface area contributed by atoms with E-state index in [0.717, 1.165) is 10.8 Å². The molecule has 0 radical (unpaired) electrons. The maximum Gasteiger partial charge on any atom is 0.273 e. The minimum atomic E-state index is -0.233. The van der Waals surface area contributed by atoms with E-state index in [1.54, 1.807) is 13.2 Å². The van der Waals surface area contributed by atoms with Crippen LogP contribution in [0.4, 0.5) is 0 Å². The normalized spacial score (nSPS) is 9.88. The van der Waals surface area contributed by atoms with Crippen molar-refractivity contribution in [1.29, 1.82) is 5.26 Å². The number of rotatable bonds is 2. The van der Waals surface area contributed by atoms with Crippen molar-refractivity contribution in [1.82, 2.24) is 9.88 Å². The molecule has 4 nitrogen and oxygen atoms in total. The van der Waals surface area contributed by atoms with Gasteiger partial charge < -0.3 is 4.90 Å². The average Bonchev–Trinajstić information content (AvgIpc) is 2.37. The second-order valence-corrected chi connectivity index (χ2v) is 3.70. The topological polar surface area (TPSA) is 57.0 Å². The molecule has 0 spiro atoms. The maximum atomic E-state index is 12.1. The van der Waals surface area contributed by atoms with E-state index in [0.29, 0.717) is 5.69 Å². The molecule has 0 atom stereocenters. The quantitative estimate of drug-likeness (QED) is 0.732. The van der Waals surface area contributed by atoms with Gasteiger partial charge in [-0.3, -0.25) is 9.78 Å². The Morgan fingerprint density at radius 2 is 2.18 bits per heavy atom. The molecule has 0 saturated carbocycles. The van der Waals surface area contributed by atoms with Gasteiger partial charge >= 0.3 is 0 Å². The molecule has 0 saturated heterocycles. The predicted octanol–water partition coefficient (Wildman–Crippen LogP) is 1.83. The fraction of sp³-hybridized carbons (Fsp3) is 0.154. The van der Waals surface area contributed by atoms with Gasteiger partial charge in [0.1, 0.15) is 12.2 Å². The molecule has 0 aliphatic heterocycles. The van der Waals surface area contributed by atoms with Crippen molar-refractivity contribution in [2.75, 3.05) is 13.6 Å². The number of fused-ring (bicyclic) bond motifs is 1. The molecule has 84 valence electrons. The second kappa shape index (κ2) is 4.62. The molecule has 0 N–H and O–H groups in total. The first-order valence-corrected chi connectivity index (χ1v) is 5.20. The Morgan fingerprint density at radius 1 is 1.41 bits per heavy atom. The minimum Gasteiger partial charge on any atom is -0.327 e. The summed E-state index contributed by atoms with van der Waals surface area (Å²) in [6.07, 6.45) is 1.61. The van der Waals surface area contributed by atoms with Crippen molar-refractivity contribution in [2.24, 2.45) is 0 Å². The second-order valence-electron chi connectivity index (χ2n) is 3.70. The van der Waals surface area contributed by atoms with Crippen LogP contribution in [0.15, 0.2) is 36.5 Å². The van der Waals surface area contributed by atoms with Gasteiger partial charge in [0.25, 0.3) is 5.91 Å². The summed E-state index contributed by atoms with van der Waals surface area (Å²) in [7, 11) is 1.59. The fourth-order valence-electron chi connectivity index (χ4n) is 1.65. The van der Waals surface area contributed by atoms with E-state index in [2.05, 4.69) is 4.98 Å². The fourth-order valence-corrected chi connectivity index (χ4v) is 1.65. The molecule has 0 aliphatic carbocycles. The molecule has 0 fully saturated rings. The SMILES string of the molecule is CN(CC#N)C(=O)c1nccc2ccccc12. The van der Waals surface area contributed by atoms with Gasteiger partial charge in [0.05, 0.1) is 6.07 Å². The first-order chi connectivity index (χ1) is 8.24. The van der Waals surface area contributed by atoms with Crippen LogP contribution in [0.1, 0.15) is 10.5 Å². The zero-order valence-electron chi connectivity index (χ0n) is 9.42. The molecule has 0 aliphatic rings. The maximum absolute atomic E-state index is 12.1. The van der Waals surface area contributed by atoms with Gasteiger partial charge in [0.15, 0.2) is 0 Å². The minimum absolute atomic E-state index is 0.0593. The average molecular weight is 225 g/mol. The molecule has 1 heterocycles. The Balaban J connectivity index is 2.49. The summed E-state index contributed by atoms with van der Waals surface area (Å²) in [5, 5.41) is 10.4. The van der Waals surface area contributed by atoms with Crippen molar-refractivity contribution >= 4 is 16.7 Å². The molecule has 0 bridgehead atoms. The molecule has 2 rings (SSSR count). The highest BCUT2D eigenvalue weighted by atomic mass is 16.2. The summed E-state index contributed by atoms with van der Waals surface area (Å²) in [6.45, 7) is 0.0593. The largest absolute Gasteiger partial charge is 0.327 e. The number of amides is 1. The number of aromatic nitrogens is 1. The number of hydrogen-bond donors (Lipinski definition) is 0. The van der Waals surface area contributed by atoms with Gasteiger partial charge in [-0.15, -0.1) is 0 Å². The highest BCUT2D eigenvalue weighted by molar-refractivity contribution is 6.05. The van der Waals surface area contributed by atoms with E-state index in [-0.39, 0.29) is 12.5 Å². The van der Waals surface area contributed by atoms with Gasteiger partial charge in [-0.2, -0.15) is 5.26 Å². The van der Waals surface area contributed by atoms with E-state index < -0.39 is 0 Å².